The molecule has 2 aromatic rings. The highest BCUT2D eigenvalue weighted by Gasteiger charge is 2.59. The predicted molar refractivity (Wildman–Crippen MR) is 111 cm³/mol. The van der Waals surface area contributed by atoms with Crippen LogP contribution in [0.2, 0.25) is 0 Å². The van der Waals surface area contributed by atoms with Crippen molar-refractivity contribution >= 4 is 6.03 Å². The van der Waals surface area contributed by atoms with Gasteiger partial charge in [0.2, 0.25) is 5.89 Å². The molecule has 5 fully saturated rings. The van der Waals surface area contributed by atoms with Crippen LogP contribution < -0.4 is 0 Å². The van der Waals surface area contributed by atoms with Gasteiger partial charge in [-0.25, -0.2) is 14.5 Å². The fraction of sp³-hybridized carbons (Fsp3) is 0.773. The molecule has 0 bridgehead atoms. The molecular weight excluding hydrogens is 467 g/mol. The molecule has 0 atom stereocenters. The summed E-state index contributed by atoms with van der Waals surface area (Å²) in [7, 11) is 0. The molecule has 7 rings (SSSR count). The molecule has 0 aromatic carbocycles. The summed E-state index contributed by atoms with van der Waals surface area (Å²) in [4.78, 5) is 24.4. The number of halogens is 3. The highest BCUT2D eigenvalue weighted by Crippen LogP contribution is 2.56. The maximum Gasteiger partial charge on any atom is 0.455 e. The van der Waals surface area contributed by atoms with Gasteiger partial charge in [0.25, 0.3) is 5.82 Å². The van der Waals surface area contributed by atoms with Gasteiger partial charge in [-0.1, -0.05) is 5.16 Å². The number of carbonyl (C=O) groups excluding carboxylic acids is 1. The minimum atomic E-state index is -4.59. The van der Waals surface area contributed by atoms with Crippen LogP contribution in [-0.4, -0.2) is 72.0 Å². The lowest BCUT2D eigenvalue weighted by atomic mass is 9.57. The fourth-order valence-corrected chi connectivity index (χ4v) is 6.66. The van der Waals surface area contributed by atoms with E-state index in [2.05, 4.69) is 20.2 Å². The van der Waals surface area contributed by atoms with E-state index in [0.717, 1.165) is 51.6 Å². The number of hydrogen-bond donors (Lipinski definition) is 1. The minimum Gasteiger partial charge on any atom is -0.382 e. The van der Waals surface area contributed by atoms with Gasteiger partial charge in [-0.05, 0) is 44.4 Å². The normalized spacial score (nSPS) is 26.3. The van der Waals surface area contributed by atoms with Crippen LogP contribution in [0.5, 0.6) is 0 Å². The van der Waals surface area contributed by atoms with Crippen molar-refractivity contribution in [2.24, 2.45) is 16.7 Å². The van der Waals surface area contributed by atoms with Crippen LogP contribution in [0.4, 0.5) is 18.0 Å². The molecule has 3 saturated carbocycles. The van der Waals surface area contributed by atoms with E-state index < -0.39 is 17.6 Å². The topological polar surface area (TPSA) is 113 Å². The second-order valence-corrected chi connectivity index (χ2v) is 11.6. The average molecular weight is 493 g/mol. The Bertz CT molecular complexity index is 1160. The van der Waals surface area contributed by atoms with E-state index in [-0.39, 0.29) is 34.7 Å². The number of alkyl halides is 3. The Morgan fingerprint density at radius 3 is 2.29 bits per heavy atom. The summed E-state index contributed by atoms with van der Waals surface area (Å²) >= 11 is 0. The van der Waals surface area contributed by atoms with Crippen molar-refractivity contribution < 1.29 is 27.6 Å². The molecule has 0 radical (unpaired) electrons. The summed E-state index contributed by atoms with van der Waals surface area (Å²) in [6, 6.07) is 0.361. The van der Waals surface area contributed by atoms with Crippen molar-refractivity contribution in [3.8, 4) is 0 Å². The van der Waals surface area contributed by atoms with Crippen LogP contribution in [0.1, 0.15) is 62.1 Å². The quantitative estimate of drug-likeness (QED) is 0.696. The minimum absolute atomic E-state index is 0.0274. The average Bonchev–Trinajstić information content (AvgIpc) is 3.10. The van der Waals surface area contributed by atoms with Crippen molar-refractivity contribution in [2.45, 2.75) is 62.8 Å². The Hall–Kier alpha value is -2.70. The van der Waals surface area contributed by atoms with Crippen molar-refractivity contribution in [1.82, 2.24) is 34.7 Å². The number of amides is 2. The van der Waals surface area contributed by atoms with E-state index in [1.54, 1.807) is 6.33 Å². The maximum atomic E-state index is 12.9. The fourth-order valence-electron chi connectivity index (χ4n) is 6.66. The number of hydrogen-bond acceptors (Lipinski definition) is 7. The van der Waals surface area contributed by atoms with Gasteiger partial charge in [0.05, 0.1) is 6.04 Å². The summed E-state index contributed by atoms with van der Waals surface area (Å²) < 4.78 is 44.4. The molecule has 1 N–H and O–H groups in total. The van der Waals surface area contributed by atoms with Gasteiger partial charge < -0.3 is 19.4 Å². The van der Waals surface area contributed by atoms with Gasteiger partial charge in [-0.3, -0.25) is 0 Å². The molecule has 10 nitrogen and oxygen atoms in total. The first-order valence-corrected chi connectivity index (χ1v) is 12.1. The Morgan fingerprint density at radius 1 is 1.09 bits per heavy atom. The Labute approximate surface area is 198 Å². The van der Waals surface area contributed by atoms with Crippen LogP contribution in [0.15, 0.2) is 10.9 Å². The number of aromatic nitrogens is 5. The van der Waals surface area contributed by atoms with Crippen LogP contribution in [0.25, 0.3) is 0 Å². The smallest absolute Gasteiger partial charge is 0.382 e. The number of nitrogens with zero attached hydrogens (tertiary/aromatic N) is 7. The maximum absolute atomic E-state index is 12.9. The third-order valence-corrected chi connectivity index (χ3v) is 8.63. The lowest BCUT2D eigenvalue weighted by Crippen LogP contribution is -2.71. The van der Waals surface area contributed by atoms with Crippen LogP contribution in [-0.2, 0) is 18.2 Å². The first-order valence-electron chi connectivity index (χ1n) is 12.1. The van der Waals surface area contributed by atoms with Gasteiger partial charge in [0, 0.05) is 43.4 Å². The summed E-state index contributed by atoms with van der Waals surface area (Å²) in [5, 5.41) is 17.6. The molecule has 13 heteroatoms. The molecule has 3 aliphatic carbocycles. The number of rotatable bonds is 4. The van der Waals surface area contributed by atoms with Gasteiger partial charge in [-0.2, -0.15) is 23.3 Å². The Kier molecular flexibility index (Phi) is 4.15. The Morgan fingerprint density at radius 2 is 1.71 bits per heavy atom. The number of urea groups is 1. The third kappa shape index (κ3) is 3.45. The predicted octanol–water partition coefficient (Wildman–Crippen LogP) is 2.37. The zero-order valence-corrected chi connectivity index (χ0v) is 19.0. The Balaban J connectivity index is 0.845. The summed E-state index contributed by atoms with van der Waals surface area (Å²) in [5.74, 6) is -0.461. The summed E-state index contributed by atoms with van der Waals surface area (Å²) in [5.41, 5.74) is -0.551. The molecule has 2 spiro atoms. The highest BCUT2D eigenvalue weighted by atomic mass is 19.4. The molecule has 2 aromatic heterocycles. The van der Waals surface area contributed by atoms with Crippen molar-refractivity contribution in [1.29, 1.82) is 0 Å². The van der Waals surface area contributed by atoms with E-state index >= 15 is 0 Å². The second-order valence-electron chi connectivity index (χ2n) is 11.6. The molecule has 5 aliphatic rings. The summed E-state index contributed by atoms with van der Waals surface area (Å²) in [6.07, 6.45) is 2.58. The van der Waals surface area contributed by atoms with Crippen LogP contribution >= 0.6 is 0 Å². The number of carbonyl (C=O) groups is 1. The second kappa shape index (κ2) is 6.74. The van der Waals surface area contributed by atoms with Gasteiger partial charge in [0.15, 0.2) is 5.82 Å². The number of aliphatic hydroxyl groups is 1. The molecule has 2 saturated heterocycles. The molecule has 35 heavy (non-hydrogen) atoms. The van der Waals surface area contributed by atoms with Crippen molar-refractivity contribution in [3.63, 3.8) is 0 Å². The molecule has 0 unspecified atom stereocenters. The van der Waals surface area contributed by atoms with Crippen molar-refractivity contribution in [3.05, 3.63) is 23.9 Å². The third-order valence-electron chi connectivity index (χ3n) is 8.63. The first kappa shape index (κ1) is 21.6. The van der Waals surface area contributed by atoms with E-state index in [0.29, 0.717) is 25.3 Å². The molecule has 188 valence electrons. The van der Waals surface area contributed by atoms with E-state index in [4.69, 9.17) is 4.52 Å². The van der Waals surface area contributed by atoms with Gasteiger partial charge in [0.1, 0.15) is 11.9 Å². The monoisotopic (exact) mass is 493 g/mol. The largest absolute Gasteiger partial charge is 0.455 e. The molecular formula is C22H26F3N7O3. The van der Waals surface area contributed by atoms with Crippen molar-refractivity contribution in [2.75, 3.05) is 26.2 Å². The zero-order chi connectivity index (χ0) is 24.2. The first-order chi connectivity index (χ1) is 16.5. The van der Waals surface area contributed by atoms with E-state index in [1.165, 1.54) is 0 Å². The molecule has 4 heterocycles. The van der Waals surface area contributed by atoms with E-state index in [9.17, 15) is 23.1 Å². The SMILES string of the molecule is O=C(N1CC2(CC(Cc3nc(C(F)(F)F)no3)C2)C1)N1CC2(CC(n3cnc(C4(O)CC4)n3)C2)C1. The lowest BCUT2D eigenvalue weighted by molar-refractivity contribution is -0.146. The van der Waals surface area contributed by atoms with Gasteiger partial charge >= 0.3 is 12.2 Å². The highest BCUT2D eigenvalue weighted by molar-refractivity contribution is 5.77. The zero-order valence-electron chi connectivity index (χ0n) is 19.0. The molecule has 2 aliphatic heterocycles. The van der Waals surface area contributed by atoms with Crippen LogP contribution in [0.3, 0.4) is 0 Å². The standard InChI is InChI=1S/C22H26F3N7O3/c23-22(24,25)17-27-15(35-29-17)3-13-4-19(5-13)8-30(9-19)18(33)31-10-20(11-31)6-14(7-20)32-12-26-16(28-32)21(34)1-2-21/h12-14,34H,1-11H2. The number of likely N-dealkylation sites (tertiary alicyclic amines) is 2. The summed E-state index contributed by atoms with van der Waals surface area (Å²) in [6.45, 7) is 2.94. The molecule has 2 amide bonds. The van der Waals surface area contributed by atoms with Crippen LogP contribution in [0, 0.1) is 16.7 Å². The van der Waals surface area contributed by atoms with E-state index in [1.807, 2.05) is 14.5 Å². The lowest BCUT2D eigenvalue weighted by Gasteiger charge is -2.63. The van der Waals surface area contributed by atoms with Gasteiger partial charge in [-0.15, -0.1) is 0 Å².